The minimum Gasteiger partial charge on any atom is -0.352 e. The predicted molar refractivity (Wildman–Crippen MR) is 67.4 cm³/mol. The highest BCUT2D eigenvalue weighted by Crippen LogP contribution is 2.18. The van der Waals surface area contributed by atoms with Crippen LogP contribution in [0.15, 0.2) is 18.2 Å². The van der Waals surface area contributed by atoms with Gasteiger partial charge in [-0.2, -0.15) is 0 Å². The van der Waals surface area contributed by atoms with Gasteiger partial charge in [-0.15, -0.1) is 0 Å². The normalized spacial score (nSPS) is 10.6. The van der Waals surface area contributed by atoms with Crippen molar-refractivity contribution >= 4 is 5.91 Å². The Morgan fingerprint density at radius 2 is 2.06 bits per heavy atom. The Kier molecular flexibility index (Phi) is 4.53. The highest BCUT2D eigenvalue weighted by Gasteiger charge is 2.04. The number of rotatable bonds is 4. The van der Waals surface area contributed by atoms with Crippen molar-refractivity contribution in [2.45, 2.75) is 46.6 Å². The zero-order valence-corrected chi connectivity index (χ0v) is 10.6. The third kappa shape index (κ3) is 3.37. The molecule has 0 radical (unpaired) electrons. The quantitative estimate of drug-likeness (QED) is 0.828. The van der Waals surface area contributed by atoms with Gasteiger partial charge in [0.15, 0.2) is 0 Å². The fourth-order valence-corrected chi connectivity index (χ4v) is 1.56. The average Bonchev–Trinajstić information content (AvgIpc) is 2.27. The Hall–Kier alpha value is -1.31. The first-order chi connectivity index (χ1) is 7.54. The van der Waals surface area contributed by atoms with Crippen LogP contribution in [-0.4, -0.2) is 5.91 Å². The predicted octanol–water partition coefficient (Wildman–Crippen LogP) is 3.14. The van der Waals surface area contributed by atoms with Crippen molar-refractivity contribution in [2.24, 2.45) is 0 Å². The number of hydrogen-bond donors (Lipinski definition) is 1. The van der Waals surface area contributed by atoms with Gasteiger partial charge in [-0.3, -0.25) is 4.79 Å². The molecule has 1 amide bonds. The zero-order chi connectivity index (χ0) is 12.1. The summed E-state index contributed by atoms with van der Waals surface area (Å²) in [6.07, 6.45) is 0.545. The first kappa shape index (κ1) is 12.8. The lowest BCUT2D eigenvalue weighted by Crippen LogP contribution is -2.22. The molecule has 0 aliphatic heterocycles. The molecule has 2 nitrogen and oxygen atoms in total. The summed E-state index contributed by atoms with van der Waals surface area (Å²) in [4.78, 5) is 11.2. The number of carbonyl (C=O) groups excluding carboxylic acids is 1. The summed E-state index contributed by atoms with van der Waals surface area (Å²) < 4.78 is 0. The van der Waals surface area contributed by atoms with Crippen LogP contribution in [-0.2, 0) is 11.3 Å². The van der Waals surface area contributed by atoms with E-state index in [4.69, 9.17) is 0 Å². The van der Waals surface area contributed by atoms with Gasteiger partial charge in [-0.05, 0) is 29.5 Å². The van der Waals surface area contributed by atoms with Crippen LogP contribution in [0, 0.1) is 6.92 Å². The Balaban J connectivity index is 2.78. The van der Waals surface area contributed by atoms with E-state index in [9.17, 15) is 4.79 Å². The number of amides is 1. The molecule has 1 aromatic carbocycles. The highest BCUT2D eigenvalue weighted by molar-refractivity contribution is 5.75. The standard InChI is InChI=1S/C14H21NO/c1-5-14(16)15-9-13-8-12(10(2)3)7-6-11(13)4/h6-8,10H,5,9H2,1-4H3,(H,15,16). The second kappa shape index (κ2) is 5.69. The van der Waals surface area contributed by atoms with E-state index in [0.717, 1.165) is 0 Å². The van der Waals surface area contributed by atoms with E-state index >= 15 is 0 Å². The molecule has 1 N–H and O–H groups in total. The van der Waals surface area contributed by atoms with E-state index in [0.29, 0.717) is 18.9 Å². The third-order valence-electron chi connectivity index (χ3n) is 2.84. The molecule has 0 unspecified atom stereocenters. The smallest absolute Gasteiger partial charge is 0.219 e. The van der Waals surface area contributed by atoms with E-state index in [1.807, 2.05) is 6.92 Å². The molecule has 0 bridgehead atoms. The van der Waals surface area contributed by atoms with Crippen LogP contribution in [0.4, 0.5) is 0 Å². The third-order valence-corrected chi connectivity index (χ3v) is 2.84. The molecule has 0 heterocycles. The van der Waals surface area contributed by atoms with Crippen molar-refractivity contribution in [3.05, 3.63) is 34.9 Å². The molecule has 88 valence electrons. The van der Waals surface area contributed by atoms with Crippen molar-refractivity contribution in [3.63, 3.8) is 0 Å². The minimum absolute atomic E-state index is 0.106. The fraction of sp³-hybridized carbons (Fsp3) is 0.500. The number of carbonyl (C=O) groups is 1. The Bertz CT molecular complexity index is 369. The van der Waals surface area contributed by atoms with E-state index in [-0.39, 0.29) is 5.91 Å². The first-order valence-corrected chi connectivity index (χ1v) is 5.90. The molecule has 0 saturated carbocycles. The second-order valence-electron chi connectivity index (χ2n) is 4.47. The van der Waals surface area contributed by atoms with Gasteiger partial charge in [0.2, 0.25) is 5.91 Å². The Morgan fingerprint density at radius 3 is 2.62 bits per heavy atom. The summed E-state index contributed by atoms with van der Waals surface area (Å²) in [7, 11) is 0. The largest absolute Gasteiger partial charge is 0.352 e. The lowest BCUT2D eigenvalue weighted by molar-refractivity contribution is -0.120. The highest BCUT2D eigenvalue weighted by atomic mass is 16.1. The Morgan fingerprint density at radius 1 is 1.38 bits per heavy atom. The van der Waals surface area contributed by atoms with Crippen molar-refractivity contribution in [3.8, 4) is 0 Å². The average molecular weight is 219 g/mol. The van der Waals surface area contributed by atoms with Gasteiger partial charge in [-0.1, -0.05) is 39.0 Å². The maximum atomic E-state index is 11.2. The van der Waals surface area contributed by atoms with Gasteiger partial charge < -0.3 is 5.32 Å². The Labute approximate surface area is 98.1 Å². The summed E-state index contributed by atoms with van der Waals surface area (Å²) in [5.74, 6) is 0.635. The van der Waals surface area contributed by atoms with Crippen LogP contribution < -0.4 is 5.32 Å². The van der Waals surface area contributed by atoms with Crippen LogP contribution in [0.2, 0.25) is 0 Å². The van der Waals surface area contributed by atoms with Crippen molar-refractivity contribution in [2.75, 3.05) is 0 Å². The van der Waals surface area contributed by atoms with Gasteiger partial charge in [0.05, 0.1) is 0 Å². The SMILES string of the molecule is CCC(=O)NCc1cc(C(C)C)ccc1C. The van der Waals surface area contributed by atoms with E-state index in [1.165, 1.54) is 16.7 Å². The van der Waals surface area contributed by atoms with Gasteiger partial charge in [0.1, 0.15) is 0 Å². The molecule has 0 aromatic heterocycles. The molecule has 2 heteroatoms. The number of aryl methyl sites for hydroxylation is 1. The second-order valence-corrected chi connectivity index (χ2v) is 4.47. The van der Waals surface area contributed by atoms with Crippen LogP contribution in [0.3, 0.4) is 0 Å². The summed E-state index contributed by atoms with van der Waals surface area (Å²) >= 11 is 0. The molecule has 0 fully saturated rings. The summed E-state index contributed by atoms with van der Waals surface area (Å²) in [6, 6.07) is 6.48. The van der Waals surface area contributed by atoms with Crippen molar-refractivity contribution < 1.29 is 4.79 Å². The molecule has 16 heavy (non-hydrogen) atoms. The van der Waals surface area contributed by atoms with Crippen LogP contribution in [0.5, 0.6) is 0 Å². The monoisotopic (exact) mass is 219 g/mol. The van der Waals surface area contributed by atoms with Crippen molar-refractivity contribution in [1.82, 2.24) is 5.32 Å². The van der Waals surface area contributed by atoms with Crippen LogP contribution >= 0.6 is 0 Å². The van der Waals surface area contributed by atoms with E-state index < -0.39 is 0 Å². The summed E-state index contributed by atoms with van der Waals surface area (Å²) in [5.41, 5.74) is 3.78. The van der Waals surface area contributed by atoms with E-state index in [2.05, 4.69) is 44.3 Å². The molecule has 0 atom stereocenters. The molecule has 1 rings (SSSR count). The maximum Gasteiger partial charge on any atom is 0.219 e. The molecule has 1 aromatic rings. The van der Waals surface area contributed by atoms with Crippen LogP contribution in [0.25, 0.3) is 0 Å². The lowest BCUT2D eigenvalue weighted by Gasteiger charge is -2.11. The fourth-order valence-electron chi connectivity index (χ4n) is 1.56. The molecule has 0 saturated heterocycles. The molecule has 0 spiro atoms. The number of hydrogen-bond acceptors (Lipinski definition) is 1. The topological polar surface area (TPSA) is 29.1 Å². The van der Waals surface area contributed by atoms with Gasteiger partial charge in [0, 0.05) is 13.0 Å². The molecular weight excluding hydrogens is 198 g/mol. The summed E-state index contributed by atoms with van der Waals surface area (Å²) in [5, 5.41) is 2.92. The molecular formula is C14H21NO. The minimum atomic E-state index is 0.106. The zero-order valence-electron chi connectivity index (χ0n) is 10.6. The lowest BCUT2D eigenvalue weighted by atomic mass is 9.98. The van der Waals surface area contributed by atoms with Crippen LogP contribution in [0.1, 0.15) is 49.8 Å². The number of benzene rings is 1. The van der Waals surface area contributed by atoms with Crippen molar-refractivity contribution in [1.29, 1.82) is 0 Å². The molecule has 0 aliphatic carbocycles. The first-order valence-electron chi connectivity index (χ1n) is 5.90. The summed E-state index contributed by atoms with van der Waals surface area (Å²) in [6.45, 7) is 8.95. The van der Waals surface area contributed by atoms with Gasteiger partial charge in [0.25, 0.3) is 0 Å². The van der Waals surface area contributed by atoms with Gasteiger partial charge in [-0.25, -0.2) is 0 Å². The van der Waals surface area contributed by atoms with Gasteiger partial charge >= 0.3 is 0 Å². The molecule has 0 aliphatic rings. The number of nitrogens with one attached hydrogen (secondary N) is 1. The maximum absolute atomic E-state index is 11.2. The van der Waals surface area contributed by atoms with E-state index in [1.54, 1.807) is 0 Å².